The third-order valence-electron chi connectivity index (χ3n) is 3.49. The van der Waals surface area contributed by atoms with Gasteiger partial charge in [0.2, 0.25) is 0 Å². The number of carbonyl (C=O) groups is 1. The molecule has 0 amide bonds. The zero-order valence-electron chi connectivity index (χ0n) is 9.08. The van der Waals surface area contributed by atoms with Gasteiger partial charge in [-0.3, -0.25) is 9.69 Å². The molecule has 0 radical (unpaired) electrons. The molecule has 0 N–H and O–H groups in total. The first-order valence-electron chi connectivity index (χ1n) is 5.54. The topological polar surface area (TPSA) is 20.3 Å². The highest BCUT2D eigenvalue weighted by Crippen LogP contribution is 2.38. The van der Waals surface area contributed by atoms with Gasteiger partial charge in [0, 0.05) is 24.8 Å². The molecule has 2 saturated heterocycles. The molecule has 0 aliphatic carbocycles. The molecule has 3 heteroatoms. The lowest BCUT2D eigenvalue weighted by molar-refractivity contribution is -0.125. The van der Waals surface area contributed by atoms with Gasteiger partial charge in [-0.15, -0.1) is 0 Å². The molecule has 80 valence electrons. The summed E-state index contributed by atoms with van der Waals surface area (Å²) in [7, 11) is 0. The Bertz CT molecular complexity index is 233. The van der Waals surface area contributed by atoms with Crippen LogP contribution in [0.1, 0.15) is 33.1 Å². The number of Topliss-reactive ketones (excluding diaryl/α,β-unsaturated/α-hetero) is 1. The smallest absolute Gasteiger partial charge is 0.155 e. The first-order valence-corrected chi connectivity index (χ1v) is 6.70. The van der Waals surface area contributed by atoms with Gasteiger partial charge in [-0.05, 0) is 32.4 Å². The number of likely N-dealkylation sites (tertiary alicyclic amines) is 1. The molecular formula is C11H19NOS. The van der Waals surface area contributed by atoms with Crippen LogP contribution in [0.25, 0.3) is 0 Å². The molecule has 1 spiro atoms. The summed E-state index contributed by atoms with van der Waals surface area (Å²) in [5.41, 5.74) is -0.0723. The molecule has 0 aromatic heterocycles. The summed E-state index contributed by atoms with van der Waals surface area (Å²) >= 11 is 1.95. The van der Waals surface area contributed by atoms with Crippen LogP contribution in [0.5, 0.6) is 0 Å². The summed E-state index contributed by atoms with van der Waals surface area (Å²) in [5.74, 6) is 2.77. The van der Waals surface area contributed by atoms with Gasteiger partial charge < -0.3 is 0 Å². The number of hydrogen-bond acceptors (Lipinski definition) is 3. The van der Waals surface area contributed by atoms with Crippen molar-refractivity contribution in [2.75, 3.05) is 18.1 Å². The molecule has 14 heavy (non-hydrogen) atoms. The van der Waals surface area contributed by atoms with E-state index in [0.717, 1.165) is 25.1 Å². The first kappa shape index (κ1) is 10.5. The largest absolute Gasteiger partial charge is 0.298 e. The average molecular weight is 213 g/mol. The van der Waals surface area contributed by atoms with E-state index in [1.54, 1.807) is 0 Å². The summed E-state index contributed by atoms with van der Waals surface area (Å²) in [5, 5.41) is 0. The van der Waals surface area contributed by atoms with Crippen LogP contribution in [-0.4, -0.2) is 40.3 Å². The van der Waals surface area contributed by atoms with Crippen molar-refractivity contribution in [1.82, 2.24) is 4.90 Å². The van der Waals surface area contributed by atoms with Crippen LogP contribution < -0.4 is 0 Å². The fourth-order valence-corrected chi connectivity index (χ4v) is 4.11. The van der Waals surface area contributed by atoms with Crippen molar-refractivity contribution >= 4 is 17.5 Å². The van der Waals surface area contributed by atoms with Gasteiger partial charge in [0.1, 0.15) is 0 Å². The van der Waals surface area contributed by atoms with Crippen molar-refractivity contribution in [3.63, 3.8) is 0 Å². The van der Waals surface area contributed by atoms with Gasteiger partial charge in [-0.2, -0.15) is 11.8 Å². The van der Waals surface area contributed by atoms with E-state index in [0.29, 0.717) is 11.8 Å². The van der Waals surface area contributed by atoms with Gasteiger partial charge in [-0.25, -0.2) is 0 Å². The third-order valence-corrected chi connectivity index (χ3v) is 4.75. The molecule has 1 atom stereocenters. The van der Waals surface area contributed by atoms with Crippen molar-refractivity contribution in [2.24, 2.45) is 0 Å². The first-order chi connectivity index (χ1) is 6.67. The molecule has 0 aromatic carbocycles. The van der Waals surface area contributed by atoms with E-state index in [4.69, 9.17) is 0 Å². The monoisotopic (exact) mass is 213 g/mol. The van der Waals surface area contributed by atoms with Crippen molar-refractivity contribution in [3.8, 4) is 0 Å². The molecule has 2 aliphatic heterocycles. The summed E-state index contributed by atoms with van der Waals surface area (Å²) in [6.07, 6.45) is 3.08. The van der Waals surface area contributed by atoms with Crippen molar-refractivity contribution in [3.05, 3.63) is 0 Å². The quantitative estimate of drug-likeness (QED) is 0.664. The number of hydrogen-bond donors (Lipinski definition) is 0. The molecule has 2 nitrogen and oxygen atoms in total. The fourth-order valence-electron chi connectivity index (χ4n) is 2.81. The Kier molecular flexibility index (Phi) is 2.89. The summed E-state index contributed by atoms with van der Waals surface area (Å²) < 4.78 is 0. The lowest BCUT2D eigenvalue weighted by atomic mass is 9.90. The molecule has 0 aromatic rings. The highest BCUT2D eigenvalue weighted by molar-refractivity contribution is 7.99. The molecule has 2 aliphatic rings. The standard InChI is InChI=1S/C11H19NOS/c1-9(2)12-6-4-10(13)11(12)5-3-7-14-8-11/h9H,3-8H2,1-2H3. The van der Waals surface area contributed by atoms with E-state index < -0.39 is 0 Å². The van der Waals surface area contributed by atoms with Gasteiger partial charge in [-0.1, -0.05) is 0 Å². The number of thioether (sulfide) groups is 1. The highest BCUT2D eigenvalue weighted by atomic mass is 32.2. The van der Waals surface area contributed by atoms with E-state index >= 15 is 0 Å². The molecule has 2 rings (SSSR count). The van der Waals surface area contributed by atoms with Gasteiger partial charge in [0.15, 0.2) is 5.78 Å². The molecule has 2 fully saturated rings. The zero-order chi connectivity index (χ0) is 10.2. The minimum absolute atomic E-state index is 0.0723. The van der Waals surface area contributed by atoms with Crippen molar-refractivity contribution < 1.29 is 4.79 Å². The van der Waals surface area contributed by atoms with E-state index in [1.807, 2.05) is 11.8 Å². The second kappa shape index (κ2) is 3.86. The maximum Gasteiger partial charge on any atom is 0.155 e. The number of nitrogens with zero attached hydrogens (tertiary/aromatic N) is 1. The van der Waals surface area contributed by atoms with Crippen molar-refractivity contribution in [2.45, 2.75) is 44.7 Å². The summed E-state index contributed by atoms with van der Waals surface area (Å²) in [6.45, 7) is 5.40. The van der Waals surface area contributed by atoms with Gasteiger partial charge in [0.25, 0.3) is 0 Å². The van der Waals surface area contributed by atoms with Crippen LogP contribution in [-0.2, 0) is 4.79 Å². The van der Waals surface area contributed by atoms with Gasteiger partial charge >= 0.3 is 0 Å². The van der Waals surface area contributed by atoms with Crippen LogP contribution in [0.3, 0.4) is 0 Å². The predicted molar refractivity (Wildman–Crippen MR) is 60.8 cm³/mol. The van der Waals surface area contributed by atoms with Crippen LogP contribution in [0.15, 0.2) is 0 Å². The van der Waals surface area contributed by atoms with Crippen LogP contribution in [0.4, 0.5) is 0 Å². The zero-order valence-corrected chi connectivity index (χ0v) is 9.90. The maximum absolute atomic E-state index is 12.0. The highest BCUT2D eigenvalue weighted by Gasteiger charge is 2.49. The molecule has 0 bridgehead atoms. The summed E-state index contributed by atoms with van der Waals surface area (Å²) in [6, 6.07) is 0.514. The molecular weight excluding hydrogens is 194 g/mol. The normalized spacial score (nSPS) is 34.6. The average Bonchev–Trinajstić information content (AvgIpc) is 2.46. The Morgan fingerprint density at radius 2 is 2.29 bits per heavy atom. The lowest BCUT2D eigenvalue weighted by Gasteiger charge is -2.41. The van der Waals surface area contributed by atoms with E-state index in [-0.39, 0.29) is 5.54 Å². The summed E-state index contributed by atoms with van der Waals surface area (Å²) in [4.78, 5) is 14.4. The Labute approximate surface area is 90.4 Å². The third kappa shape index (κ3) is 1.50. The minimum atomic E-state index is -0.0723. The second-order valence-electron chi connectivity index (χ2n) is 4.65. The predicted octanol–water partition coefficient (Wildman–Crippen LogP) is 1.94. The maximum atomic E-state index is 12.0. The van der Waals surface area contributed by atoms with Crippen LogP contribution in [0, 0.1) is 0 Å². The molecule has 2 heterocycles. The van der Waals surface area contributed by atoms with Gasteiger partial charge in [0.05, 0.1) is 5.54 Å². The van der Waals surface area contributed by atoms with Crippen molar-refractivity contribution in [1.29, 1.82) is 0 Å². The molecule has 1 unspecified atom stereocenters. The lowest BCUT2D eigenvalue weighted by Crippen LogP contribution is -2.54. The Morgan fingerprint density at radius 1 is 1.50 bits per heavy atom. The van der Waals surface area contributed by atoms with E-state index in [9.17, 15) is 4.79 Å². The number of carbonyl (C=O) groups excluding carboxylic acids is 1. The Balaban J connectivity index is 2.22. The minimum Gasteiger partial charge on any atom is -0.298 e. The number of rotatable bonds is 1. The SMILES string of the molecule is CC(C)N1CCC(=O)C12CCCSC2. The fraction of sp³-hybridized carbons (Fsp3) is 0.909. The second-order valence-corrected chi connectivity index (χ2v) is 5.75. The Hall–Kier alpha value is -0.0200. The van der Waals surface area contributed by atoms with Crippen LogP contribution in [0.2, 0.25) is 0 Å². The van der Waals surface area contributed by atoms with Crippen LogP contribution >= 0.6 is 11.8 Å². The van der Waals surface area contributed by atoms with E-state index in [1.165, 1.54) is 12.2 Å². The number of ketones is 1. The molecule has 0 saturated carbocycles. The van der Waals surface area contributed by atoms with E-state index in [2.05, 4.69) is 18.7 Å². The Morgan fingerprint density at radius 3 is 2.86 bits per heavy atom.